The third-order valence-electron chi connectivity index (χ3n) is 2.17. The summed E-state index contributed by atoms with van der Waals surface area (Å²) in [5.41, 5.74) is 2.56. The Morgan fingerprint density at radius 3 is 2.73 bits per heavy atom. The number of halogens is 1. The fourth-order valence-corrected chi connectivity index (χ4v) is 1.62. The third-order valence-corrected chi connectivity index (χ3v) is 2.40. The van der Waals surface area contributed by atoms with E-state index in [4.69, 9.17) is 11.6 Å². The summed E-state index contributed by atoms with van der Waals surface area (Å²) in [5.74, 6) is 0.227. The van der Waals surface area contributed by atoms with E-state index in [2.05, 4.69) is 4.98 Å². The van der Waals surface area contributed by atoms with Gasteiger partial charge in [0.25, 0.3) is 0 Å². The van der Waals surface area contributed by atoms with Crippen LogP contribution in [0, 0.1) is 6.92 Å². The monoisotopic (exact) mass is 219 g/mol. The van der Waals surface area contributed by atoms with Crippen molar-refractivity contribution in [2.24, 2.45) is 0 Å². The Balaban J connectivity index is 2.58. The van der Waals surface area contributed by atoms with E-state index in [-0.39, 0.29) is 5.75 Å². The predicted octanol–water partition coefficient (Wildman–Crippen LogP) is 3.42. The Hall–Kier alpha value is -1.54. The average Bonchev–Trinajstić information content (AvgIpc) is 2.22. The first-order valence-corrected chi connectivity index (χ1v) is 4.96. The molecule has 0 saturated carbocycles. The Kier molecular flexibility index (Phi) is 2.60. The van der Waals surface area contributed by atoms with Crippen molar-refractivity contribution in [1.29, 1.82) is 0 Å². The molecule has 15 heavy (non-hydrogen) atoms. The molecular formula is C12H10ClNO. The molecular weight excluding hydrogens is 210 g/mol. The Morgan fingerprint density at radius 2 is 2.00 bits per heavy atom. The van der Waals surface area contributed by atoms with E-state index < -0.39 is 0 Å². The van der Waals surface area contributed by atoms with Crippen molar-refractivity contribution < 1.29 is 5.11 Å². The number of nitrogens with zero attached hydrogens (tertiary/aromatic N) is 1. The standard InChI is InChI=1S/C12H10ClNO/c1-8-6-9(4-5-14-8)11-7-10(13)2-3-12(11)15/h2-7,15H,1H3. The van der Waals surface area contributed by atoms with Crippen LogP contribution in [0.25, 0.3) is 11.1 Å². The zero-order valence-corrected chi connectivity index (χ0v) is 8.99. The highest BCUT2D eigenvalue weighted by molar-refractivity contribution is 6.30. The van der Waals surface area contributed by atoms with E-state index in [1.807, 2.05) is 19.1 Å². The molecule has 1 aromatic heterocycles. The molecule has 0 aliphatic carbocycles. The average molecular weight is 220 g/mol. The van der Waals surface area contributed by atoms with Crippen molar-refractivity contribution in [3.63, 3.8) is 0 Å². The van der Waals surface area contributed by atoms with Crippen LogP contribution in [-0.2, 0) is 0 Å². The summed E-state index contributed by atoms with van der Waals surface area (Å²) in [5, 5.41) is 10.3. The second kappa shape index (κ2) is 3.91. The zero-order chi connectivity index (χ0) is 10.8. The molecule has 0 spiro atoms. The number of hydrogen-bond acceptors (Lipinski definition) is 2. The maximum absolute atomic E-state index is 9.70. The highest BCUT2D eigenvalue weighted by Crippen LogP contribution is 2.31. The lowest BCUT2D eigenvalue weighted by atomic mass is 10.1. The lowest BCUT2D eigenvalue weighted by Crippen LogP contribution is -1.83. The minimum Gasteiger partial charge on any atom is -0.507 e. The molecule has 0 atom stereocenters. The third kappa shape index (κ3) is 2.10. The van der Waals surface area contributed by atoms with E-state index in [1.54, 1.807) is 24.4 Å². The smallest absolute Gasteiger partial charge is 0.123 e. The summed E-state index contributed by atoms with van der Waals surface area (Å²) in [6.45, 7) is 1.91. The van der Waals surface area contributed by atoms with Gasteiger partial charge in [-0.3, -0.25) is 4.98 Å². The number of rotatable bonds is 1. The van der Waals surface area contributed by atoms with Crippen LogP contribution < -0.4 is 0 Å². The quantitative estimate of drug-likeness (QED) is 0.797. The summed E-state index contributed by atoms with van der Waals surface area (Å²) in [6, 6.07) is 8.75. The van der Waals surface area contributed by atoms with Gasteiger partial charge in [0, 0.05) is 22.5 Å². The topological polar surface area (TPSA) is 33.1 Å². The van der Waals surface area contributed by atoms with Crippen LogP contribution in [0.2, 0.25) is 5.02 Å². The molecule has 0 amide bonds. The molecule has 2 rings (SSSR count). The van der Waals surface area contributed by atoms with Gasteiger partial charge >= 0.3 is 0 Å². The van der Waals surface area contributed by atoms with Gasteiger partial charge in [-0.25, -0.2) is 0 Å². The molecule has 0 aliphatic rings. The van der Waals surface area contributed by atoms with E-state index >= 15 is 0 Å². The fourth-order valence-electron chi connectivity index (χ4n) is 1.45. The van der Waals surface area contributed by atoms with Crippen molar-refractivity contribution >= 4 is 11.6 Å². The van der Waals surface area contributed by atoms with Crippen molar-refractivity contribution in [2.75, 3.05) is 0 Å². The number of aromatic nitrogens is 1. The van der Waals surface area contributed by atoms with Crippen LogP contribution in [0.1, 0.15) is 5.69 Å². The first kappa shape index (κ1) is 9.99. The molecule has 0 unspecified atom stereocenters. The Labute approximate surface area is 93.2 Å². The summed E-state index contributed by atoms with van der Waals surface area (Å²) in [7, 11) is 0. The highest BCUT2D eigenvalue weighted by Gasteiger charge is 2.05. The number of aromatic hydroxyl groups is 1. The van der Waals surface area contributed by atoms with Gasteiger partial charge in [-0.1, -0.05) is 11.6 Å². The Morgan fingerprint density at radius 1 is 1.20 bits per heavy atom. The SMILES string of the molecule is Cc1cc(-c2cc(Cl)ccc2O)ccn1. The minimum atomic E-state index is 0.227. The van der Waals surface area contributed by atoms with Crippen molar-refractivity contribution in [3.05, 3.63) is 47.2 Å². The molecule has 0 radical (unpaired) electrons. The molecule has 1 heterocycles. The van der Waals surface area contributed by atoms with Gasteiger partial charge in [0.05, 0.1) is 0 Å². The molecule has 2 aromatic rings. The number of pyridine rings is 1. The van der Waals surface area contributed by atoms with Gasteiger partial charge in [0.2, 0.25) is 0 Å². The van der Waals surface area contributed by atoms with E-state index in [0.29, 0.717) is 5.02 Å². The lowest BCUT2D eigenvalue weighted by Gasteiger charge is -2.05. The molecule has 0 aliphatic heterocycles. The van der Waals surface area contributed by atoms with Crippen LogP contribution in [0.5, 0.6) is 5.75 Å². The second-order valence-corrected chi connectivity index (χ2v) is 3.78. The van der Waals surface area contributed by atoms with Crippen LogP contribution in [0.3, 0.4) is 0 Å². The summed E-state index contributed by atoms with van der Waals surface area (Å²) >= 11 is 5.88. The van der Waals surface area contributed by atoms with Crippen molar-refractivity contribution in [3.8, 4) is 16.9 Å². The lowest BCUT2D eigenvalue weighted by molar-refractivity contribution is 0.477. The van der Waals surface area contributed by atoms with Crippen LogP contribution >= 0.6 is 11.6 Å². The molecule has 0 saturated heterocycles. The number of hydrogen-bond donors (Lipinski definition) is 1. The van der Waals surface area contributed by atoms with Gasteiger partial charge in [-0.15, -0.1) is 0 Å². The van der Waals surface area contributed by atoms with Crippen LogP contribution in [0.15, 0.2) is 36.5 Å². The van der Waals surface area contributed by atoms with Gasteiger partial charge in [0.15, 0.2) is 0 Å². The first-order valence-electron chi connectivity index (χ1n) is 4.58. The van der Waals surface area contributed by atoms with E-state index in [1.165, 1.54) is 0 Å². The molecule has 76 valence electrons. The van der Waals surface area contributed by atoms with Gasteiger partial charge in [-0.2, -0.15) is 0 Å². The predicted molar refractivity (Wildman–Crippen MR) is 61.1 cm³/mol. The van der Waals surface area contributed by atoms with Crippen LogP contribution in [-0.4, -0.2) is 10.1 Å². The normalized spacial score (nSPS) is 10.3. The van der Waals surface area contributed by atoms with Gasteiger partial charge in [0.1, 0.15) is 5.75 Å². The van der Waals surface area contributed by atoms with Crippen molar-refractivity contribution in [1.82, 2.24) is 4.98 Å². The number of benzene rings is 1. The van der Waals surface area contributed by atoms with Gasteiger partial charge < -0.3 is 5.11 Å². The molecule has 3 heteroatoms. The molecule has 1 N–H and O–H groups in total. The number of phenols is 1. The molecule has 2 nitrogen and oxygen atoms in total. The number of aryl methyl sites for hydroxylation is 1. The maximum Gasteiger partial charge on any atom is 0.123 e. The largest absolute Gasteiger partial charge is 0.507 e. The first-order chi connectivity index (χ1) is 7.16. The second-order valence-electron chi connectivity index (χ2n) is 3.35. The summed E-state index contributed by atoms with van der Waals surface area (Å²) in [6.07, 6.45) is 1.71. The molecule has 0 fully saturated rings. The summed E-state index contributed by atoms with van der Waals surface area (Å²) in [4.78, 5) is 4.10. The maximum atomic E-state index is 9.70. The van der Waals surface area contributed by atoms with Gasteiger partial charge in [-0.05, 0) is 42.8 Å². The molecule has 1 aromatic carbocycles. The van der Waals surface area contributed by atoms with Crippen molar-refractivity contribution in [2.45, 2.75) is 6.92 Å². The Bertz CT molecular complexity index is 497. The summed E-state index contributed by atoms with van der Waals surface area (Å²) < 4.78 is 0. The van der Waals surface area contributed by atoms with E-state index in [9.17, 15) is 5.11 Å². The zero-order valence-electron chi connectivity index (χ0n) is 8.24. The van der Waals surface area contributed by atoms with E-state index in [0.717, 1.165) is 16.8 Å². The minimum absolute atomic E-state index is 0.227. The fraction of sp³-hybridized carbons (Fsp3) is 0.0833. The van der Waals surface area contributed by atoms with Crippen LogP contribution in [0.4, 0.5) is 0 Å². The highest BCUT2D eigenvalue weighted by atomic mass is 35.5. The molecule has 0 bridgehead atoms. The number of phenolic OH excluding ortho intramolecular Hbond substituents is 1.